The van der Waals surface area contributed by atoms with Crippen LogP contribution < -0.4 is 5.32 Å². The first-order valence-corrected chi connectivity index (χ1v) is 9.86. The number of sulfonamides is 1. The van der Waals surface area contributed by atoms with E-state index in [2.05, 4.69) is 10.2 Å². The third kappa shape index (κ3) is 4.91. The lowest BCUT2D eigenvalue weighted by Crippen LogP contribution is -2.48. The smallest absolute Gasteiger partial charge is 0.223 e. The molecule has 0 bridgehead atoms. The van der Waals surface area contributed by atoms with E-state index in [0.717, 1.165) is 58.7 Å². The van der Waals surface area contributed by atoms with Gasteiger partial charge >= 0.3 is 0 Å². The SMILES string of the molecule is CN(C1CCN(CCC(=O)N2CCNCC2)CC1)S(C)(=O)=O. The number of hydrogen-bond donors (Lipinski definition) is 1. The van der Waals surface area contributed by atoms with Gasteiger partial charge in [-0.15, -0.1) is 0 Å². The lowest BCUT2D eigenvalue weighted by molar-refractivity contribution is -0.132. The second kappa shape index (κ2) is 7.72. The third-order valence-electron chi connectivity index (χ3n) is 4.71. The first kappa shape index (κ1) is 17.7. The average molecular weight is 332 g/mol. The lowest BCUT2D eigenvalue weighted by atomic mass is 10.1. The Morgan fingerprint density at radius 3 is 2.32 bits per heavy atom. The van der Waals surface area contributed by atoms with Gasteiger partial charge in [0.25, 0.3) is 0 Å². The van der Waals surface area contributed by atoms with Crippen molar-refractivity contribution in [3.05, 3.63) is 0 Å². The molecular weight excluding hydrogens is 304 g/mol. The fraction of sp³-hybridized carbons (Fsp3) is 0.929. The van der Waals surface area contributed by atoms with Crippen molar-refractivity contribution in [2.75, 3.05) is 59.1 Å². The molecule has 0 aromatic rings. The molecule has 7 nitrogen and oxygen atoms in total. The van der Waals surface area contributed by atoms with Crippen molar-refractivity contribution < 1.29 is 13.2 Å². The number of nitrogens with zero attached hydrogens (tertiary/aromatic N) is 3. The van der Waals surface area contributed by atoms with E-state index >= 15 is 0 Å². The van der Waals surface area contributed by atoms with Gasteiger partial charge < -0.3 is 15.1 Å². The third-order valence-corrected chi connectivity index (χ3v) is 6.05. The Balaban J connectivity index is 1.70. The normalized spacial score (nSPS) is 22.2. The van der Waals surface area contributed by atoms with Crippen LogP contribution in [0.2, 0.25) is 0 Å². The second-order valence-corrected chi connectivity index (χ2v) is 8.27. The van der Waals surface area contributed by atoms with Crippen LogP contribution in [0.4, 0.5) is 0 Å². The summed E-state index contributed by atoms with van der Waals surface area (Å²) in [6.45, 7) is 5.88. The predicted octanol–water partition coefficient (Wildman–Crippen LogP) is -0.836. The highest BCUT2D eigenvalue weighted by Crippen LogP contribution is 2.17. The van der Waals surface area contributed by atoms with Crippen molar-refractivity contribution >= 4 is 15.9 Å². The first-order chi connectivity index (χ1) is 10.4. The van der Waals surface area contributed by atoms with Gasteiger partial charge in [-0.3, -0.25) is 4.79 Å². The number of amides is 1. The van der Waals surface area contributed by atoms with Crippen LogP contribution in [0, 0.1) is 0 Å². The van der Waals surface area contributed by atoms with Crippen molar-refractivity contribution in [3.63, 3.8) is 0 Å². The zero-order valence-corrected chi connectivity index (χ0v) is 14.4. The van der Waals surface area contributed by atoms with E-state index in [9.17, 15) is 13.2 Å². The summed E-state index contributed by atoms with van der Waals surface area (Å²) in [5, 5.41) is 3.24. The fourth-order valence-electron chi connectivity index (χ4n) is 3.10. The van der Waals surface area contributed by atoms with E-state index in [1.165, 1.54) is 10.6 Å². The van der Waals surface area contributed by atoms with Crippen LogP contribution in [-0.2, 0) is 14.8 Å². The highest BCUT2D eigenvalue weighted by Gasteiger charge is 2.27. The Bertz CT molecular complexity index is 468. The number of rotatable bonds is 5. The van der Waals surface area contributed by atoms with Crippen LogP contribution >= 0.6 is 0 Å². The molecule has 0 unspecified atom stereocenters. The molecule has 2 heterocycles. The maximum absolute atomic E-state index is 12.1. The number of carbonyl (C=O) groups excluding carboxylic acids is 1. The van der Waals surface area contributed by atoms with Gasteiger partial charge in [-0.2, -0.15) is 0 Å². The van der Waals surface area contributed by atoms with Gasteiger partial charge in [-0.1, -0.05) is 0 Å². The van der Waals surface area contributed by atoms with Crippen LogP contribution in [0.3, 0.4) is 0 Å². The van der Waals surface area contributed by atoms with Crippen molar-refractivity contribution in [2.45, 2.75) is 25.3 Å². The number of carbonyl (C=O) groups is 1. The molecule has 1 amide bonds. The first-order valence-electron chi connectivity index (χ1n) is 8.02. The Kier molecular flexibility index (Phi) is 6.19. The monoisotopic (exact) mass is 332 g/mol. The van der Waals surface area contributed by atoms with E-state index in [1.54, 1.807) is 7.05 Å². The molecule has 8 heteroatoms. The van der Waals surface area contributed by atoms with Gasteiger partial charge in [0.1, 0.15) is 0 Å². The molecule has 2 saturated heterocycles. The van der Waals surface area contributed by atoms with Gasteiger partial charge in [0.2, 0.25) is 15.9 Å². The summed E-state index contributed by atoms with van der Waals surface area (Å²) in [6, 6.07) is 0.0927. The van der Waals surface area contributed by atoms with Gasteiger partial charge in [0, 0.05) is 52.2 Å². The molecule has 2 aliphatic heterocycles. The van der Waals surface area contributed by atoms with Crippen molar-refractivity contribution in [1.82, 2.24) is 19.4 Å². The summed E-state index contributed by atoms with van der Waals surface area (Å²) in [6.07, 6.45) is 3.49. The van der Waals surface area contributed by atoms with Crippen LogP contribution in [-0.4, -0.2) is 93.6 Å². The summed E-state index contributed by atoms with van der Waals surface area (Å²) in [7, 11) is -1.46. The lowest BCUT2D eigenvalue weighted by Gasteiger charge is -2.36. The molecule has 0 saturated carbocycles. The topological polar surface area (TPSA) is 73.0 Å². The quantitative estimate of drug-likeness (QED) is 0.711. The Morgan fingerprint density at radius 2 is 1.77 bits per heavy atom. The zero-order valence-electron chi connectivity index (χ0n) is 13.6. The summed E-state index contributed by atoms with van der Waals surface area (Å²) in [4.78, 5) is 16.3. The van der Waals surface area contributed by atoms with Crippen LogP contribution in [0.5, 0.6) is 0 Å². The largest absolute Gasteiger partial charge is 0.340 e. The maximum Gasteiger partial charge on any atom is 0.223 e. The van der Waals surface area contributed by atoms with Gasteiger partial charge in [-0.25, -0.2) is 12.7 Å². The minimum absolute atomic E-state index is 0.0927. The van der Waals surface area contributed by atoms with Gasteiger partial charge in [0.15, 0.2) is 0 Å². The number of nitrogens with one attached hydrogen (secondary N) is 1. The average Bonchev–Trinajstić information content (AvgIpc) is 2.52. The molecule has 0 radical (unpaired) electrons. The van der Waals surface area contributed by atoms with E-state index in [1.807, 2.05) is 4.90 Å². The van der Waals surface area contributed by atoms with Gasteiger partial charge in [-0.05, 0) is 25.9 Å². The predicted molar refractivity (Wildman–Crippen MR) is 86.1 cm³/mol. The Labute approximate surface area is 133 Å². The van der Waals surface area contributed by atoms with Crippen LogP contribution in [0.1, 0.15) is 19.3 Å². The van der Waals surface area contributed by atoms with Gasteiger partial charge in [0.05, 0.1) is 6.26 Å². The molecule has 2 aliphatic rings. The molecular formula is C14H28N4O3S. The molecule has 128 valence electrons. The molecule has 0 atom stereocenters. The molecule has 0 aromatic carbocycles. The molecule has 1 N–H and O–H groups in total. The number of piperazine rings is 1. The number of hydrogen-bond acceptors (Lipinski definition) is 5. The molecule has 2 fully saturated rings. The highest BCUT2D eigenvalue weighted by molar-refractivity contribution is 7.88. The van der Waals surface area contributed by atoms with Crippen molar-refractivity contribution in [1.29, 1.82) is 0 Å². The van der Waals surface area contributed by atoms with E-state index in [0.29, 0.717) is 6.42 Å². The number of likely N-dealkylation sites (tertiary alicyclic amines) is 1. The maximum atomic E-state index is 12.1. The summed E-state index contributed by atoms with van der Waals surface area (Å²) in [5.41, 5.74) is 0. The number of piperidine rings is 1. The van der Waals surface area contributed by atoms with Crippen LogP contribution in [0.25, 0.3) is 0 Å². The second-order valence-electron chi connectivity index (χ2n) is 6.23. The minimum atomic E-state index is -3.11. The fourth-order valence-corrected chi connectivity index (χ4v) is 3.86. The van der Waals surface area contributed by atoms with E-state index in [-0.39, 0.29) is 11.9 Å². The molecule has 0 spiro atoms. The summed E-state index contributed by atoms with van der Waals surface area (Å²) < 4.78 is 24.6. The Morgan fingerprint density at radius 1 is 1.18 bits per heavy atom. The molecule has 0 aliphatic carbocycles. The van der Waals surface area contributed by atoms with Crippen LogP contribution in [0.15, 0.2) is 0 Å². The van der Waals surface area contributed by atoms with Crippen molar-refractivity contribution in [2.24, 2.45) is 0 Å². The highest BCUT2D eigenvalue weighted by atomic mass is 32.2. The minimum Gasteiger partial charge on any atom is -0.340 e. The Hall–Kier alpha value is -0.700. The molecule has 22 heavy (non-hydrogen) atoms. The summed E-state index contributed by atoms with van der Waals surface area (Å²) in [5.74, 6) is 0.233. The van der Waals surface area contributed by atoms with Crippen molar-refractivity contribution in [3.8, 4) is 0 Å². The van der Waals surface area contributed by atoms with E-state index < -0.39 is 10.0 Å². The van der Waals surface area contributed by atoms with E-state index in [4.69, 9.17) is 0 Å². The zero-order chi connectivity index (χ0) is 16.2. The standard InChI is InChI=1S/C14H28N4O3S/c1-16(22(2,20)21)13-3-8-17(9-4-13)10-5-14(19)18-11-6-15-7-12-18/h13,15H,3-12H2,1-2H3. The molecule has 0 aromatic heterocycles. The molecule has 2 rings (SSSR count). The summed E-state index contributed by atoms with van der Waals surface area (Å²) >= 11 is 0.